The molecule has 0 N–H and O–H groups in total. The minimum Gasteiger partial charge on any atom is -0.455 e. The molecule has 0 heterocycles. The number of benzene rings is 1. The van der Waals surface area contributed by atoms with Crippen molar-refractivity contribution in [1.82, 2.24) is 0 Å². The normalized spacial score (nSPS) is 11.3. The molecule has 2 nitrogen and oxygen atoms in total. The largest absolute Gasteiger partial charge is 0.455 e. The molecule has 0 saturated heterocycles. The minimum absolute atomic E-state index is 0.0923. The SMILES string of the molecule is CCCCCCCC(=O)OC(C)(C)c1ccccc1. The van der Waals surface area contributed by atoms with Gasteiger partial charge in [-0.15, -0.1) is 0 Å². The van der Waals surface area contributed by atoms with Crippen LogP contribution in [0.1, 0.15) is 64.9 Å². The number of hydrogen-bond acceptors (Lipinski definition) is 2. The molecule has 2 heteroatoms. The Kier molecular flexibility index (Phi) is 6.61. The van der Waals surface area contributed by atoms with Crippen molar-refractivity contribution in [3.63, 3.8) is 0 Å². The van der Waals surface area contributed by atoms with Crippen molar-refractivity contribution >= 4 is 5.97 Å². The summed E-state index contributed by atoms with van der Waals surface area (Å²) < 4.78 is 5.59. The summed E-state index contributed by atoms with van der Waals surface area (Å²) >= 11 is 0. The van der Waals surface area contributed by atoms with Gasteiger partial charge >= 0.3 is 5.97 Å². The van der Waals surface area contributed by atoms with E-state index in [0.29, 0.717) is 6.42 Å². The molecule has 0 atom stereocenters. The Labute approximate surface area is 117 Å². The van der Waals surface area contributed by atoms with Crippen LogP contribution in [0.4, 0.5) is 0 Å². The maximum atomic E-state index is 11.8. The molecule has 19 heavy (non-hydrogen) atoms. The maximum absolute atomic E-state index is 11.8. The van der Waals surface area contributed by atoms with Gasteiger partial charge in [-0.1, -0.05) is 62.9 Å². The van der Waals surface area contributed by atoms with E-state index in [1.807, 2.05) is 44.2 Å². The van der Waals surface area contributed by atoms with Gasteiger partial charge in [0.25, 0.3) is 0 Å². The summed E-state index contributed by atoms with van der Waals surface area (Å²) in [5.41, 5.74) is 0.497. The average molecular weight is 262 g/mol. The van der Waals surface area contributed by atoms with E-state index >= 15 is 0 Å². The molecule has 0 aliphatic carbocycles. The lowest BCUT2D eigenvalue weighted by molar-refractivity contribution is -0.157. The average Bonchev–Trinajstić information content (AvgIpc) is 2.39. The van der Waals surface area contributed by atoms with Gasteiger partial charge in [-0.3, -0.25) is 4.79 Å². The Balaban J connectivity index is 2.35. The van der Waals surface area contributed by atoms with Crippen LogP contribution < -0.4 is 0 Å². The lowest BCUT2D eigenvalue weighted by Gasteiger charge is -2.25. The van der Waals surface area contributed by atoms with E-state index in [4.69, 9.17) is 4.74 Å². The third-order valence-corrected chi connectivity index (χ3v) is 3.32. The summed E-state index contributed by atoms with van der Waals surface area (Å²) in [6.45, 7) is 6.07. The molecule has 0 aliphatic rings. The third kappa shape index (κ3) is 5.91. The van der Waals surface area contributed by atoms with Crippen LogP contribution in [0.2, 0.25) is 0 Å². The Hall–Kier alpha value is -1.31. The molecule has 0 aromatic heterocycles. The highest BCUT2D eigenvalue weighted by Crippen LogP contribution is 2.25. The molecule has 0 spiro atoms. The number of unbranched alkanes of at least 4 members (excludes halogenated alkanes) is 4. The van der Waals surface area contributed by atoms with Crippen molar-refractivity contribution in [2.75, 3.05) is 0 Å². The molecule has 0 amide bonds. The van der Waals surface area contributed by atoms with Crippen molar-refractivity contribution in [2.24, 2.45) is 0 Å². The van der Waals surface area contributed by atoms with E-state index in [1.165, 1.54) is 19.3 Å². The van der Waals surface area contributed by atoms with Crippen LogP contribution in [0.5, 0.6) is 0 Å². The summed E-state index contributed by atoms with van der Waals surface area (Å²) in [7, 11) is 0. The van der Waals surface area contributed by atoms with Crippen molar-refractivity contribution in [3.8, 4) is 0 Å². The van der Waals surface area contributed by atoms with E-state index in [9.17, 15) is 4.79 Å². The Morgan fingerprint density at radius 2 is 1.68 bits per heavy atom. The molecule has 1 rings (SSSR count). The van der Waals surface area contributed by atoms with Crippen molar-refractivity contribution < 1.29 is 9.53 Å². The molecule has 0 bridgehead atoms. The molecule has 0 unspecified atom stereocenters. The quantitative estimate of drug-likeness (QED) is 0.495. The van der Waals surface area contributed by atoms with E-state index in [0.717, 1.165) is 18.4 Å². The predicted molar refractivity (Wildman–Crippen MR) is 78.9 cm³/mol. The van der Waals surface area contributed by atoms with Crippen molar-refractivity contribution in [3.05, 3.63) is 35.9 Å². The summed E-state index contributed by atoms with van der Waals surface area (Å²) in [5, 5.41) is 0. The zero-order valence-electron chi connectivity index (χ0n) is 12.4. The first-order chi connectivity index (χ1) is 9.06. The summed E-state index contributed by atoms with van der Waals surface area (Å²) in [5.74, 6) is -0.0923. The Morgan fingerprint density at radius 1 is 1.05 bits per heavy atom. The second-order valence-electron chi connectivity index (χ2n) is 5.51. The van der Waals surface area contributed by atoms with Crippen molar-refractivity contribution in [2.45, 2.75) is 64.9 Å². The summed E-state index contributed by atoms with van der Waals surface area (Å²) in [4.78, 5) is 11.8. The molecule has 0 aliphatic heterocycles. The van der Waals surface area contributed by atoms with Gasteiger partial charge in [0.1, 0.15) is 5.60 Å². The number of esters is 1. The Morgan fingerprint density at radius 3 is 2.32 bits per heavy atom. The second-order valence-corrected chi connectivity index (χ2v) is 5.51. The van der Waals surface area contributed by atoms with Gasteiger partial charge in [-0.2, -0.15) is 0 Å². The van der Waals surface area contributed by atoms with Crippen molar-refractivity contribution in [1.29, 1.82) is 0 Å². The van der Waals surface area contributed by atoms with Crippen LogP contribution in [-0.4, -0.2) is 5.97 Å². The highest BCUT2D eigenvalue weighted by Gasteiger charge is 2.24. The van der Waals surface area contributed by atoms with Gasteiger partial charge < -0.3 is 4.74 Å². The molecule has 0 radical (unpaired) electrons. The van der Waals surface area contributed by atoms with Crippen LogP contribution in [0, 0.1) is 0 Å². The van der Waals surface area contributed by atoms with E-state index in [2.05, 4.69) is 6.92 Å². The van der Waals surface area contributed by atoms with Gasteiger partial charge in [-0.25, -0.2) is 0 Å². The van der Waals surface area contributed by atoms with E-state index in [1.54, 1.807) is 0 Å². The maximum Gasteiger partial charge on any atom is 0.306 e. The lowest BCUT2D eigenvalue weighted by atomic mass is 9.98. The van der Waals surface area contributed by atoms with Gasteiger partial charge in [0.05, 0.1) is 0 Å². The zero-order valence-corrected chi connectivity index (χ0v) is 12.4. The fourth-order valence-corrected chi connectivity index (χ4v) is 2.11. The minimum atomic E-state index is -0.540. The number of carbonyl (C=O) groups is 1. The first kappa shape index (κ1) is 15.7. The van der Waals surface area contributed by atoms with Gasteiger partial charge in [0, 0.05) is 6.42 Å². The molecule has 106 valence electrons. The smallest absolute Gasteiger partial charge is 0.306 e. The van der Waals surface area contributed by atoms with Crippen LogP contribution in [0.3, 0.4) is 0 Å². The molecule has 0 fully saturated rings. The lowest BCUT2D eigenvalue weighted by Crippen LogP contribution is -2.25. The highest BCUT2D eigenvalue weighted by molar-refractivity contribution is 5.70. The monoisotopic (exact) mass is 262 g/mol. The van der Waals surface area contributed by atoms with Crippen LogP contribution >= 0.6 is 0 Å². The standard InChI is InChI=1S/C17H26O2/c1-4-5-6-7-11-14-16(18)19-17(2,3)15-12-9-8-10-13-15/h8-10,12-13H,4-7,11,14H2,1-3H3. The first-order valence-electron chi connectivity index (χ1n) is 7.33. The van der Waals surface area contributed by atoms with E-state index < -0.39 is 5.60 Å². The fourth-order valence-electron chi connectivity index (χ4n) is 2.11. The van der Waals surface area contributed by atoms with Crippen LogP contribution in [0.15, 0.2) is 30.3 Å². The molecule has 1 aromatic rings. The molecule has 1 aromatic carbocycles. The molecular weight excluding hydrogens is 236 g/mol. The van der Waals surface area contributed by atoms with Gasteiger partial charge in [0.2, 0.25) is 0 Å². The molecule has 0 saturated carbocycles. The first-order valence-corrected chi connectivity index (χ1v) is 7.33. The topological polar surface area (TPSA) is 26.3 Å². The zero-order chi connectivity index (χ0) is 14.1. The third-order valence-electron chi connectivity index (χ3n) is 3.32. The molecular formula is C17H26O2. The van der Waals surface area contributed by atoms with Crippen LogP contribution in [-0.2, 0) is 15.1 Å². The Bertz CT molecular complexity index is 368. The number of carbonyl (C=O) groups excluding carboxylic acids is 1. The van der Waals surface area contributed by atoms with Crippen LogP contribution in [0.25, 0.3) is 0 Å². The summed E-state index contributed by atoms with van der Waals surface area (Å²) in [6, 6.07) is 9.89. The number of rotatable bonds is 8. The van der Waals surface area contributed by atoms with Gasteiger partial charge in [0.15, 0.2) is 0 Å². The van der Waals surface area contributed by atoms with Gasteiger partial charge in [-0.05, 0) is 25.8 Å². The van der Waals surface area contributed by atoms with E-state index in [-0.39, 0.29) is 5.97 Å². The highest BCUT2D eigenvalue weighted by atomic mass is 16.6. The number of hydrogen-bond donors (Lipinski definition) is 0. The second kappa shape index (κ2) is 7.98. The summed E-state index contributed by atoms with van der Waals surface area (Å²) in [6.07, 6.45) is 6.28. The fraction of sp³-hybridized carbons (Fsp3) is 0.588. The predicted octanol–water partition coefficient (Wildman–Crippen LogP) is 4.83. The number of ether oxygens (including phenoxy) is 1.